The topological polar surface area (TPSA) is 63.2 Å². The van der Waals surface area contributed by atoms with Crippen LogP contribution < -0.4 is 14.6 Å². The number of carbonyl (C=O) groups is 1. The van der Waals surface area contributed by atoms with Gasteiger partial charge in [0.2, 0.25) is 5.78 Å². The summed E-state index contributed by atoms with van der Waals surface area (Å²) in [6, 6.07) is 13.8. The second-order valence-electron chi connectivity index (χ2n) is 7.15. The van der Waals surface area contributed by atoms with Crippen molar-refractivity contribution in [2.24, 2.45) is 5.16 Å². The van der Waals surface area contributed by atoms with Crippen LogP contribution in [0.4, 0.5) is 5.69 Å². The summed E-state index contributed by atoms with van der Waals surface area (Å²) in [5, 5.41) is 6.07. The summed E-state index contributed by atoms with van der Waals surface area (Å²) >= 11 is 1.60. The van der Waals surface area contributed by atoms with Crippen molar-refractivity contribution < 1.29 is 14.4 Å². The fraction of sp³-hybridized carbons (Fsp3) is 0.238. The number of anilines is 1. The first-order valence-electron chi connectivity index (χ1n) is 8.89. The maximum absolute atomic E-state index is 12.5. The van der Waals surface area contributed by atoms with Crippen LogP contribution in [-0.2, 0) is 9.63 Å². The summed E-state index contributed by atoms with van der Waals surface area (Å²) in [6.07, 6.45) is 0. The smallest absolute Gasteiger partial charge is 0.230 e. The molecule has 2 heterocycles. The fourth-order valence-electron chi connectivity index (χ4n) is 3.04. The van der Waals surface area contributed by atoms with Crippen molar-refractivity contribution in [3.8, 4) is 16.9 Å². The summed E-state index contributed by atoms with van der Waals surface area (Å²) in [6.45, 7) is 5.46. The lowest BCUT2D eigenvalue weighted by molar-refractivity contribution is -0.128. The van der Waals surface area contributed by atoms with E-state index >= 15 is 0 Å². The highest BCUT2D eigenvalue weighted by Gasteiger charge is 2.40. The molecule has 2 aliphatic rings. The number of allylic oxidation sites excluding steroid dienone is 1. The van der Waals surface area contributed by atoms with Crippen molar-refractivity contribution in [3.05, 3.63) is 59.1 Å². The number of ether oxygens (including phenoxy) is 1. The van der Waals surface area contributed by atoms with Crippen molar-refractivity contribution in [1.82, 2.24) is 5.43 Å². The van der Waals surface area contributed by atoms with Gasteiger partial charge in [-0.15, -0.1) is 0 Å². The first-order valence-corrected chi connectivity index (χ1v) is 9.73. The van der Waals surface area contributed by atoms with Crippen LogP contribution in [-0.4, -0.2) is 24.2 Å². The lowest BCUT2D eigenvalue weighted by Crippen LogP contribution is -2.33. The van der Waals surface area contributed by atoms with Crippen LogP contribution in [0.1, 0.15) is 26.3 Å². The third-order valence-corrected chi connectivity index (χ3v) is 5.60. The zero-order valence-corrected chi connectivity index (χ0v) is 17.0. The summed E-state index contributed by atoms with van der Waals surface area (Å²) in [5.41, 5.74) is 7.43. The van der Waals surface area contributed by atoms with E-state index in [1.54, 1.807) is 32.9 Å². The minimum atomic E-state index is -0.927. The number of nitrogens with zero attached hydrogens (tertiary/aromatic N) is 2. The molecule has 0 aromatic heterocycles. The van der Waals surface area contributed by atoms with Gasteiger partial charge in [0.1, 0.15) is 5.75 Å². The largest absolute Gasteiger partial charge is 0.496 e. The summed E-state index contributed by atoms with van der Waals surface area (Å²) in [7, 11) is 1.64. The SMILES string of the molecule is COc1ccc(C2=NOC(C)(C)C2=O)cc1-c1ccc(N2NC(C)=CS2)cc1. The van der Waals surface area contributed by atoms with E-state index in [0.717, 1.165) is 28.3 Å². The average molecular weight is 395 g/mol. The van der Waals surface area contributed by atoms with Crippen molar-refractivity contribution in [2.75, 3.05) is 11.5 Å². The lowest BCUT2D eigenvalue weighted by atomic mass is 9.93. The number of rotatable bonds is 4. The first kappa shape index (κ1) is 18.4. The van der Waals surface area contributed by atoms with E-state index in [9.17, 15) is 4.79 Å². The number of hydrogen-bond acceptors (Lipinski definition) is 7. The highest BCUT2D eigenvalue weighted by molar-refractivity contribution is 8.03. The van der Waals surface area contributed by atoms with Crippen LogP contribution in [0.5, 0.6) is 5.75 Å². The van der Waals surface area contributed by atoms with Gasteiger partial charge in [0.25, 0.3) is 0 Å². The van der Waals surface area contributed by atoms with E-state index in [2.05, 4.69) is 16.0 Å². The normalized spacial score (nSPS) is 17.7. The molecule has 7 heteroatoms. The number of hydrazine groups is 1. The van der Waals surface area contributed by atoms with Gasteiger partial charge in [-0.1, -0.05) is 17.3 Å². The van der Waals surface area contributed by atoms with Gasteiger partial charge in [-0.25, -0.2) is 4.41 Å². The summed E-state index contributed by atoms with van der Waals surface area (Å²) in [4.78, 5) is 17.8. The number of hydrogen-bond donors (Lipinski definition) is 1. The number of methoxy groups -OCH3 is 1. The predicted octanol–water partition coefficient (Wildman–Crippen LogP) is 4.28. The quantitative estimate of drug-likeness (QED) is 0.780. The average Bonchev–Trinajstić information content (AvgIpc) is 3.25. The molecule has 2 aromatic rings. The lowest BCUT2D eigenvalue weighted by Gasteiger charge is -2.18. The molecule has 0 atom stereocenters. The van der Waals surface area contributed by atoms with Gasteiger partial charge < -0.3 is 9.57 Å². The molecule has 28 heavy (non-hydrogen) atoms. The molecule has 2 aliphatic heterocycles. The maximum Gasteiger partial charge on any atom is 0.230 e. The number of ketones is 1. The van der Waals surface area contributed by atoms with E-state index in [-0.39, 0.29) is 5.78 Å². The van der Waals surface area contributed by atoms with E-state index in [1.807, 2.05) is 53.8 Å². The maximum atomic E-state index is 12.5. The van der Waals surface area contributed by atoms with Gasteiger partial charge in [0, 0.05) is 34.2 Å². The zero-order valence-electron chi connectivity index (χ0n) is 16.1. The molecule has 0 unspecified atom stereocenters. The third kappa shape index (κ3) is 3.22. The number of nitrogens with one attached hydrogen (secondary N) is 1. The van der Waals surface area contributed by atoms with Crippen molar-refractivity contribution in [3.63, 3.8) is 0 Å². The third-order valence-electron chi connectivity index (χ3n) is 4.63. The molecule has 0 spiro atoms. The van der Waals surface area contributed by atoms with Gasteiger partial charge in [0.15, 0.2) is 11.3 Å². The first-order chi connectivity index (χ1) is 13.4. The Morgan fingerprint density at radius 2 is 1.86 bits per heavy atom. The minimum Gasteiger partial charge on any atom is -0.496 e. The highest BCUT2D eigenvalue weighted by atomic mass is 32.2. The van der Waals surface area contributed by atoms with Gasteiger partial charge in [0.05, 0.1) is 12.8 Å². The number of oxime groups is 1. The molecule has 6 nitrogen and oxygen atoms in total. The molecular weight excluding hydrogens is 374 g/mol. The minimum absolute atomic E-state index is 0.126. The van der Waals surface area contributed by atoms with Gasteiger partial charge in [-0.3, -0.25) is 10.2 Å². The van der Waals surface area contributed by atoms with Crippen LogP contribution in [0.2, 0.25) is 0 Å². The Morgan fingerprint density at radius 3 is 2.43 bits per heavy atom. The molecule has 0 fully saturated rings. The van der Waals surface area contributed by atoms with Crippen molar-refractivity contribution in [2.45, 2.75) is 26.4 Å². The Labute approximate surface area is 168 Å². The number of Topliss-reactive ketones (excluding diaryl/α,β-unsaturated/α-hetero) is 1. The Hall–Kier alpha value is -2.93. The molecule has 0 aliphatic carbocycles. The molecular formula is C21H21N3O3S. The van der Waals surface area contributed by atoms with Crippen LogP contribution in [0.3, 0.4) is 0 Å². The van der Waals surface area contributed by atoms with Gasteiger partial charge in [-0.2, -0.15) is 0 Å². The standard InChI is InChI=1S/C21H21N3O3S/c1-13-12-28-24(22-13)16-8-5-14(6-9-16)17-11-15(7-10-18(17)26-4)19-20(25)21(2,3)27-23-19/h5-12,22H,1-4H3. The second-order valence-corrected chi connectivity index (χ2v) is 7.96. The van der Waals surface area contributed by atoms with E-state index in [4.69, 9.17) is 9.57 Å². The second kappa shape index (κ2) is 6.91. The number of carbonyl (C=O) groups excluding carboxylic acids is 1. The molecule has 2 aromatic carbocycles. The number of benzene rings is 2. The monoisotopic (exact) mass is 395 g/mol. The van der Waals surface area contributed by atoms with Gasteiger partial charge in [-0.05, 0) is 56.7 Å². The molecule has 1 N–H and O–H groups in total. The van der Waals surface area contributed by atoms with Gasteiger partial charge >= 0.3 is 0 Å². The van der Waals surface area contributed by atoms with Crippen molar-refractivity contribution in [1.29, 1.82) is 0 Å². The zero-order chi connectivity index (χ0) is 19.9. The van der Waals surface area contributed by atoms with E-state index < -0.39 is 5.60 Å². The Kier molecular flexibility index (Phi) is 4.55. The van der Waals surface area contributed by atoms with E-state index in [0.29, 0.717) is 11.3 Å². The Bertz CT molecular complexity index is 996. The molecule has 144 valence electrons. The van der Waals surface area contributed by atoms with Crippen LogP contribution in [0, 0.1) is 0 Å². The van der Waals surface area contributed by atoms with Crippen molar-refractivity contribution >= 4 is 29.1 Å². The Morgan fingerprint density at radius 1 is 1.14 bits per heavy atom. The molecule has 0 radical (unpaired) electrons. The van der Waals surface area contributed by atoms with Crippen LogP contribution in [0.25, 0.3) is 11.1 Å². The Balaban J connectivity index is 1.66. The summed E-state index contributed by atoms with van der Waals surface area (Å²) < 4.78 is 7.54. The molecule has 4 rings (SSSR count). The molecule has 0 saturated carbocycles. The predicted molar refractivity (Wildman–Crippen MR) is 112 cm³/mol. The van der Waals surface area contributed by atoms with Crippen LogP contribution >= 0.6 is 11.9 Å². The molecule has 0 amide bonds. The summed E-state index contributed by atoms with van der Waals surface area (Å²) in [5.74, 6) is 0.605. The highest BCUT2D eigenvalue weighted by Crippen LogP contribution is 2.35. The fourth-order valence-corrected chi connectivity index (χ4v) is 3.80. The molecule has 0 saturated heterocycles. The van der Waals surface area contributed by atoms with Crippen LogP contribution in [0.15, 0.2) is 58.7 Å². The molecule has 0 bridgehead atoms. The van der Waals surface area contributed by atoms with E-state index in [1.165, 1.54) is 0 Å².